The van der Waals surface area contributed by atoms with Crippen molar-refractivity contribution >= 4 is 16.9 Å². The number of carboxylic acid groups (broad SMARTS) is 1. The van der Waals surface area contributed by atoms with Crippen LogP contribution in [0.3, 0.4) is 0 Å². The number of furan rings is 1. The Bertz CT molecular complexity index is 785. The number of hydrogen-bond donors (Lipinski definition) is 1. The van der Waals surface area contributed by atoms with Gasteiger partial charge in [-0.25, -0.2) is 9.18 Å². The highest BCUT2D eigenvalue weighted by Crippen LogP contribution is 2.29. The minimum absolute atomic E-state index is 0.168. The van der Waals surface area contributed by atoms with Gasteiger partial charge in [0.05, 0.1) is 5.69 Å². The summed E-state index contributed by atoms with van der Waals surface area (Å²) in [5, 5.41) is 9.77. The molecular weight excluding hydrogens is 249 g/mol. The predicted molar refractivity (Wildman–Crippen MR) is 67.5 cm³/mol. The van der Waals surface area contributed by atoms with Crippen LogP contribution in [0.1, 0.15) is 10.5 Å². The topological polar surface area (TPSA) is 55.4 Å². The number of halogens is 1. The Kier molecular flexibility index (Phi) is 2.41. The summed E-state index contributed by atoms with van der Waals surface area (Å²) in [7, 11) is 1.65. The number of carboxylic acids is 1. The van der Waals surface area contributed by atoms with Gasteiger partial charge >= 0.3 is 5.97 Å². The van der Waals surface area contributed by atoms with Crippen molar-refractivity contribution in [2.75, 3.05) is 0 Å². The van der Waals surface area contributed by atoms with Gasteiger partial charge in [0.2, 0.25) is 0 Å². The van der Waals surface area contributed by atoms with Gasteiger partial charge in [-0.2, -0.15) is 0 Å². The maximum atomic E-state index is 13.1. The zero-order valence-electron chi connectivity index (χ0n) is 10.1. The largest absolute Gasteiger partial charge is 0.477 e. The predicted octanol–water partition coefficient (Wildman–Crippen LogP) is 3.28. The lowest BCUT2D eigenvalue weighted by Crippen LogP contribution is -2.04. The van der Waals surface area contributed by atoms with Crippen LogP contribution >= 0.6 is 0 Å². The van der Waals surface area contributed by atoms with E-state index in [-0.39, 0.29) is 11.5 Å². The van der Waals surface area contributed by atoms with E-state index in [4.69, 9.17) is 9.52 Å². The first-order valence-corrected chi connectivity index (χ1v) is 5.65. The molecule has 0 saturated carbocycles. The second-order valence-corrected chi connectivity index (χ2v) is 4.26. The summed E-state index contributed by atoms with van der Waals surface area (Å²) in [6, 6.07) is 9.21. The number of carbonyl (C=O) groups is 1. The average Bonchev–Trinajstić information content (AvgIpc) is 2.91. The molecule has 1 N–H and O–H groups in total. The Balaban J connectivity index is 2.16. The minimum atomic E-state index is -1.00. The van der Waals surface area contributed by atoms with Crippen molar-refractivity contribution in [2.24, 2.45) is 7.05 Å². The third-order valence-electron chi connectivity index (χ3n) is 3.08. The Labute approximate surface area is 107 Å². The van der Waals surface area contributed by atoms with Crippen molar-refractivity contribution in [1.82, 2.24) is 4.57 Å². The van der Waals surface area contributed by atoms with Gasteiger partial charge in [-0.15, -0.1) is 0 Å². The Morgan fingerprint density at radius 2 is 2.05 bits per heavy atom. The molecule has 3 rings (SSSR count). The molecule has 0 radical (unpaired) electrons. The van der Waals surface area contributed by atoms with E-state index >= 15 is 0 Å². The van der Waals surface area contributed by atoms with E-state index in [0.717, 1.165) is 5.39 Å². The number of aromatic carboxylic acids is 1. The molecule has 3 aromatic rings. The summed E-state index contributed by atoms with van der Waals surface area (Å²) < 4.78 is 20.2. The number of benzene rings is 1. The molecule has 0 spiro atoms. The molecule has 0 aliphatic carbocycles. The Morgan fingerprint density at radius 3 is 2.74 bits per heavy atom. The summed E-state index contributed by atoms with van der Waals surface area (Å²) >= 11 is 0. The standard InChI is InChI=1S/C14H10FNO3/c1-16-10(4-5-11(16)14(17)18)13-6-8-2-3-9(15)7-12(8)19-13/h2-7H,1H3,(H,17,18). The lowest BCUT2D eigenvalue weighted by molar-refractivity contribution is 0.0686. The fourth-order valence-corrected chi connectivity index (χ4v) is 2.10. The van der Waals surface area contributed by atoms with Crippen LogP contribution in [0.5, 0.6) is 0 Å². The van der Waals surface area contributed by atoms with Gasteiger partial charge in [0, 0.05) is 18.5 Å². The van der Waals surface area contributed by atoms with Gasteiger partial charge in [0.1, 0.15) is 17.1 Å². The second-order valence-electron chi connectivity index (χ2n) is 4.26. The van der Waals surface area contributed by atoms with E-state index < -0.39 is 5.97 Å². The van der Waals surface area contributed by atoms with E-state index in [1.165, 1.54) is 22.8 Å². The molecule has 0 atom stereocenters. The normalized spacial score (nSPS) is 11.1. The molecule has 19 heavy (non-hydrogen) atoms. The number of aromatic nitrogens is 1. The van der Waals surface area contributed by atoms with Crippen molar-refractivity contribution in [3.8, 4) is 11.5 Å². The fourth-order valence-electron chi connectivity index (χ4n) is 2.10. The van der Waals surface area contributed by atoms with E-state index in [2.05, 4.69) is 0 Å². The van der Waals surface area contributed by atoms with Crippen LogP contribution < -0.4 is 0 Å². The molecule has 0 saturated heterocycles. The van der Waals surface area contributed by atoms with E-state index in [1.807, 2.05) is 0 Å². The molecule has 0 amide bonds. The third-order valence-corrected chi connectivity index (χ3v) is 3.08. The molecule has 4 nitrogen and oxygen atoms in total. The zero-order chi connectivity index (χ0) is 13.6. The molecule has 1 aromatic carbocycles. The van der Waals surface area contributed by atoms with Crippen LogP contribution in [0.2, 0.25) is 0 Å². The number of hydrogen-bond acceptors (Lipinski definition) is 2. The second kappa shape index (κ2) is 3.98. The summed E-state index contributed by atoms with van der Waals surface area (Å²) in [4.78, 5) is 11.0. The SMILES string of the molecule is Cn1c(C(=O)O)ccc1-c1cc2ccc(F)cc2o1. The minimum Gasteiger partial charge on any atom is -0.477 e. The lowest BCUT2D eigenvalue weighted by atomic mass is 10.2. The average molecular weight is 259 g/mol. The lowest BCUT2D eigenvalue weighted by Gasteiger charge is -2.01. The highest BCUT2D eigenvalue weighted by molar-refractivity contribution is 5.88. The molecule has 5 heteroatoms. The van der Waals surface area contributed by atoms with Crippen molar-refractivity contribution in [3.63, 3.8) is 0 Å². The monoisotopic (exact) mass is 259 g/mol. The van der Waals surface area contributed by atoms with E-state index in [0.29, 0.717) is 17.0 Å². The number of fused-ring (bicyclic) bond motifs is 1. The first-order chi connectivity index (χ1) is 9.06. The quantitative estimate of drug-likeness (QED) is 0.768. The maximum absolute atomic E-state index is 13.1. The first-order valence-electron chi connectivity index (χ1n) is 5.65. The Morgan fingerprint density at radius 1 is 1.26 bits per heavy atom. The molecule has 0 bridgehead atoms. The van der Waals surface area contributed by atoms with Crippen LogP contribution in [-0.2, 0) is 7.05 Å². The van der Waals surface area contributed by atoms with Crippen molar-refractivity contribution in [3.05, 3.63) is 47.9 Å². The van der Waals surface area contributed by atoms with E-state index in [1.54, 1.807) is 25.2 Å². The zero-order valence-corrected chi connectivity index (χ0v) is 10.1. The molecule has 0 unspecified atom stereocenters. The molecule has 2 aromatic heterocycles. The van der Waals surface area contributed by atoms with Gasteiger partial charge < -0.3 is 14.1 Å². The smallest absolute Gasteiger partial charge is 0.352 e. The van der Waals surface area contributed by atoms with Crippen LogP contribution in [0.4, 0.5) is 4.39 Å². The first kappa shape index (κ1) is 11.5. The number of rotatable bonds is 2. The summed E-state index contributed by atoms with van der Waals surface area (Å²) in [5.41, 5.74) is 1.24. The molecule has 0 fully saturated rings. The summed E-state index contributed by atoms with van der Waals surface area (Å²) in [5.74, 6) is -0.863. The molecule has 0 aliphatic rings. The fraction of sp³-hybridized carbons (Fsp3) is 0.0714. The van der Waals surface area contributed by atoms with Gasteiger partial charge in [-0.3, -0.25) is 0 Å². The highest BCUT2D eigenvalue weighted by Gasteiger charge is 2.15. The van der Waals surface area contributed by atoms with Gasteiger partial charge in [-0.1, -0.05) is 0 Å². The van der Waals surface area contributed by atoms with Crippen LogP contribution in [0.25, 0.3) is 22.4 Å². The van der Waals surface area contributed by atoms with Gasteiger partial charge in [0.15, 0.2) is 5.76 Å². The van der Waals surface area contributed by atoms with Crippen molar-refractivity contribution in [2.45, 2.75) is 0 Å². The van der Waals surface area contributed by atoms with Gasteiger partial charge in [-0.05, 0) is 30.3 Å². The van der Waals surface area contributed by atoms with Crippen LogP contribution in [0.15, 0.2) is 40.8 Å². The van der Waals surface area contributed by atoms with Crippen LogP contribution in [0, 0.1) is 5.82 Å². The highest BCUT2D eigenvalue weighted by atomic mass is 19.1. The summed E-state index contributed by atoms with van der Waals surface area (Å²) in [6.45, 7) is 0. The van der Waals surface area contributed by atoms with Crippen LogP contribution in [-0.4, -0.2) is 15.6 Å². The van der Waals surface area contributed by atoms with Crippen molar-refractivity contribution < 1.29 is 18.7 Å². The summed E-state index contributed by atoms with van der Waals surface area (Å²) in [6.07, 6.45) is 0. The van der Waals surface area contributed by atoms with Gasteiger partial charge in [0.25, 0.3) is 0 Å². The van der Waals surface area contributed by atoms with E-state index in [9.17, 15) is 9.18 Å². The molecule has 96 valence electrons. The maximum Gasteiger partial charge on any atom is 0.352 e. The molecule has 0 aliphatic heterocycles. The Hall–Kier alpha value is -2.56. The molecule has 2 heterocycles. The van der Waals surface area contributed by atoms with Crippen molar-refractivity contribution in [1.29, 1.82) is 0 Å². The molecular formula is C14H10FNO3. The third kappa shape index (κ3) is 1.79. The number of nitrogens with zero attached hydrogens (tertiary/aromatic N) is 1.